The predicted octanol–water partition coefficient (Wildman–Crippen LogP) is 7.65. The molecule has 1 saturated carbocycles. The quantitative estimate of drug-likeness (QED) is 0.0991. The third-order valence-electron chi connectivity index (χ3n) is 11.9. The Morgan fingerprint density at radius 1 is 0.877 bits per heavy atom. The number of nitrogens with one attached hydrogen (secondary N) is 1. The number of fused-ring (bicyclic) bond motifs is 4. The lowest BCUT2D eigenvalue weighted by atomic mass is 9.50. The van der Waals surface area contributed by atoms with Gasteiger partial charge in [-0.25, -0.2) is 0 Å². The van der Waals surface area contributed by atoms with Crippen LogP contribution >= 0.6 is 23.2 Å². The van der Waals surface area contributed by atoms with Crippen molar-refractivity contribution in [3.63, 3.8) is 0 Å². The predicted molar refractivity (Wildman–Crippen MR) is 214 cm³/mol. The molecule has 6 unspecified atom stereocenters. The van der Waals surface area contributed by atoms with Crippen molar-refractivity contribution >= 4 is 70.1 Å². The topological polar surface area (TPSA) is 143 Å². The van der Waals surface area contributed by atoms with Crippen LogP contribution in [0.15, 0.2) is 103 Å². The second kappa shape index (κ2) is 14.5. The van der Waals surface area contributed by atoms with E-state index in [9.17, 15) is 24.3 Å². The summed E-state index contributed by atoms with van der Waals surface area (Å²) in [6.07, 6.45) is 5.94. The molecule has 290 valence electrons. The highest BCUT2D eigenvalue weighted by Crippen LogP contribution is 2.62. The number of halogens is 2. The zero-order valence-electron chi connectivity index (χ0n) is 31.1. The average Bonchev–Trinajstić information content (AvgIpc) is 3.59. The van der Waals surface area contributed by atoms with Crippen LogP contribution in [0.25, 0.3) is 6.08 Å². The summed E-state index contributed by atoms with van der Waals surface area (Å²) in [5, 5.41) is 11.9. The Morgan fingerprint density at radius 2 is 1.61 bits per heavy atom. The maximum atomic E-state index is 15.4. The maximum Gasteiger partial charge on any atom is 0.260 e. The summed E-state index contributed by atoms with van der Waals surface area (Å²) in [6, 6.07) is 22.9. The Labute approximate surface area is 338 Å². The minimum atomic E-state index is -1.53. The van der Waals surface area contributed by atoms with Gasteiger partial charge in [0.15, 0.2) is 17.3 Å². The number of ketones is 1. The van der Waals surface area contributed by atoms with Gasteiger partial charge in [0, 0.05) is 16.5 Å². The Hall–Kier alpha value is -5.91. The van der Waals surface area contributed by atoms with Crippen LogP contribution in [0.4, 0.5) is 11.4 Å². The third kappa shape index (κ3) is 6.07. The minimum Gasteiger partial charge on any atom is -0.504 e. The number of carbonyl (C=O) groups is 5. The minimum absolute atomic E-state index is 0.0489. The molecule has 13 heteroatoms. The van der Waals surface area contributed by atoms with Crippen molar-refractivity contribution in [2.24, 2.45) is 29.6 Å². The molecule has 0 spiro atoms. The van der Waals surface area contributed by atoms with Gasteiger partial charge in [-0.3, -0.25) is 34.3 Å². The van der Waals surface area contributed by atoms with Crippen LogP contribution in [0.3, 0.4) is 0 Å². The van der Waals surface area contributed by atoms with Crippen LogP contribution in [0, 0.1) is 29.6 Å². The van der Waals surface area contributed by atoms with Gasteiger partial charge < -0.3 is 14.6 Å². The van der Waals surface area contributed by atoms with Crippen molar-refractivity contribution in [3.8, 4) is 17.2 Å². The summed E-state index contributed by atoms with van der Waals surface area (Å²) >= 11 is 12.7. The Kier molecular flexibility index (Phi) is 9.70. The second-order valence-corrected chi connectivity index (χ2v) is 15.5. The molecule has 4 aromatic rings. The van der Waals surface area contributed by atoms with Crippen molar-refractivity contribution < 1.29 is 38.6 Å². The number of ether oxygens (including phenoxy) is 2. The van der Waals surface area contributed by atoms with Gasteiger partial charge in [0.25, 0.3) is 11.8 Å². The lowest BCUT2D eigenvalue weighted by Gasteiger charge is -2.49. The van der Waals surface area contributed by atoms with E-state index in [2.05, 4.69) is 5.43 Å². The van der Waals surface area contributed by atoms with Crippen molar-refractivity contribution in [1.29, 1.82) is 0 Å². The standard InChI is InChI=1S/C44H37Cl2N3O8/c1-23(50)25-6-11-28(12-7-25)48-40(52)31-16-15-30-32(39(31)42(48)54)22-34-41(53)49(47-36-18-10-27(45)21-35(36)46)43(55)44(34,26-8-13-29(56-2)14-9-26)33(30)17-4-24-5-19-37(51)38(20-24)57-3/h4-15,17-21,31-34,39,47,51H,16,22H2,1-3H3. The summed E-state index contributed by atoms with van der Waals surface area (Å²) in [6.45, 7) is 1.44. The van der Waals surface area contributed by atoms with Crippen LogP contribution in [0.5, 0.6) is 17.2 Å². The summed E-state index contributed by atoms with van der Waals surface area (Å²) in [5.74, 6) is -5.15. The van der Waals surface area contributed by atoms with Gasteiger partial charge in [-0.1, -0.05) is 65.2 Å². The van der Waals surface area contributed by atoms with Gasteiger partial charge in [0.1, 0.15) is 5.75 Å². The summed E-state index contributed by atoms with van der Waals surface area (Å²) in [5.41, 5.74) is 4.51. The molecule has 4 amide bonds. The molecule has 0 radical (unpaired) electrons. The molecule has 6 atom stereocenters. The number of hydrogen-bond donors (Lipinski definition) is 2. The fourth-order valence-electron chi connectivity index (χ4n) is 9.19. The molecule has 2 saturated heterocycles. The molecular weight excluding hydrogens is 769 g/mol. The molecule has 57 heavy (non-hydrogen) atoms. The molecule has 8 rings (SSSR count). The van der Waals surface area contributed by atoms with Crippen molar-refractivity contribution in [1.82, 2.24) is 5.01 Å². The van der Waals surface area contributed by atoms with Crippen LogP contribution in [-0.4, -0.2) is 53.7 Å². The highest BCUT2D eigenvalue weighted by atomic mass is 35.5. The van der Waals surface area contributed by atoms with Crippen molar-refractivity contribution in [2.45, 2.75) is 25.2 Å². The first kappa shape index (κ1) is 38.0. The number of nitrogens with zero attached hydrogens (tertiary/aromatic N) is 2. The van der Waals surface area contributed by atoms with Crippen LogP contribution < -0.4 is 19.8 Å². The molecule has 3 fully saturated rings. The smallest absolute Gasteiger partial charge is 0.260 e. The second-order valence-electron chi connectivity index (χ2n) is 14.7. The molecule has 4 aliphatic rings. The molecule has 0 bridgehead atoms. The highest BCUT2D eigenvalue weighted by Gasteiger charge is 2.69. The first-order chi connectivity index (χ1) is 27.4. The van der Waals surface area contributed by atoms with Gasteiger partial charge in [-0.2, -0.15) is 5.01 Å². The van der Waals surface area contributed by atoms with Crippen molar-refractivity contribution in [3.05, 3.63) is 129 Å². The van der Waals surface area contributed by atoms with E-state index in [4.69, 9.17) is 32.7 Å². The number of imide groups is 2. The van der Waals surface area contributed by atoms with Gasteiger partial charge in [-0.05, 0) is 104 Å². The number of hydrazine groups is 1. The first-order valence-corrected chi connectivity index (χ1v) is 19.1. The van der Waals surface area contributed by atoms with E-state index in [1.165, 1.54) is 38.2 Å². The molecule has 2 aliphatic carbocycles. The largest absolute Gasteiger partial charge is 0.504 e. The van der Waals surface area contributed by atoms with Crippen LogP contribution in [-0.2, 0) is 24.6 Å². The number of phenols is 1. The van der Waals surface area contributed by atoms with E-state index in [0.29, 0.717) is 33.1 Å². The zero-order valence-corrected chi connectivity index (χ0v) is 32.6. The average molecular weight is 807 g/mol. The van der Waals surface area contributed by atoms with Gasteiger partial charge in [-0.15, -0.1) is 0 Å². The molecule has 4 aromatic carbocycles. The zero-order chi connectivity index (χ0) is 40.3. The molecule has 2 N–H and O–H groups in total. The number of amides is 4. The highest BCUT2D eigenvalue weighted by molar-refractivity contribution is 6.36. The first-order valence-electron chi connectivity index (χ1n) is 18.4. The SMILES string of the molecule is COc1ccc(C23C(=O)N(Nc4ccc(Cl)cc4Cl)C(=O)C2CC2C(=CCC4C(=O)N(c5ccc(C(C)=O)cc5)C(=O)C42)C3C=Cc2ccc(O)c(OC)c2)cc1. The van der Waals surface area contributed by atoms with Gasteiger partial charge in [0.05, 0.1) is 53.8 Å². The number of Topliss-reactive ketones (excluding diaryl/α,β-unsaturated/α-hetero) is 1. The summed E-state index contributed by atoms with van der Waals surface area (Å²) in [7, 11) is 2.98. The molecule has 0 aromatic heterocycles. The van der Waals surface area contributed by atoms with E-state index in [0.717, 1.165) is 10.6 Å². The van der Waals surface area contributed by atoms with E-state index in [1.54, 1.807) is 78.9 Å². The van der Waals surface area contributed by atoms with E-state index >= 15 is 4.79 Å². The van der Waals surface area contributed by atoms with E-state index in [1.807, 2.05) is 12.2 Å². The summed E-state index contributed by atoms with van der Waals surface area (Å²) in [4.78, 5) is 72.2. The lowest BCUT2D eigenvalue weighted by molar-refractivity contribution is -0.139. The Bertz CT molecular complexity index is 2410. The number of aromatic hydroxyl groups is 1. The van der Waals surface area contributed by atoms with Gasteiger partial charge >= 0.3 is 0 Å². The maximum absolute atomic E-state index is 15.4. The number of carbonyl (C=O) groups excluding carboxylic acids is 5. The number of methoxy groups -OCH3 is 2. The molecule has 11 nitrogen and oxygen atoms in total. The summed E-state index contributed by atoms with van der Waals surface area (Å²) < 4.78 is 10.8. The number of anilines is 2. The number of allylic oxidation sites excluding steroid dienone is 3. The lowest BCUT2D eigenvalue weighted by Crippen LogP contribution is -2.54. The monoisotopic (exact) mass is 805 g/mol. The molecule has 2 heterocycles. The van der Waals surface area contributed by atoms with Crippen molar-refractivity contribution in [2.75, 3.05) is 24.5 Å². The number of benzene rings is 4. The van der Waals surface area contributed by atoms with Gasteiger partial charge in [0.2, 0.25) is 11.8 Å². The van der Waals surface area contributed by atoms with E-state index < -0.39 is 52.7 Å². The van der Waals surface area contributed by atoms with E-state index in [-0.39, 0.29) is 46.7 Å². The van der Waals surface area contributed by atoms with Crippen LogP contribution in [0.1, 0.15) is 41.3 Å². The third-order valence-corrected chi connectivity index (χ3v) is 12.4. The molecule has 2 aliphatic heterocycles. The number of rotatable bonds is 9. The number of phenolic OH excluding ortho intramolecular Hbond substituents is 1. The number of hydrogen-bond acceptors (Lipinski definition) is 9. The normalized spacial score (nSPS) is 25.3. The molecular formula is C44H37Cl2N3O8. The Morgan fingerprint density at radius 3 is 2.28 bits per heavy atom. The van der Waals surface area contributed by atoms with Crippen LogP contribution in [0.2, 0.25) is 10.0 Å². The Balaban J connectivity index is 1.29. The fraction of sp³-hybridized carbons (Fsp3) is 0.250. The fourth-order valence-corrected chi connectivity index (χ4v) is 9.65.